The standard InChI is InChI=1S/C11H21N5/c1-12-9-11-13-14-15-16(11)8-4-7-10-5-2-3-6-10/h10,12H,2-9H2,1H3. The average molecular weight is 223 g/mol. The Hall–Kier alpha value is -0.970. The van der Waals surface area contributed by atoms with Gasteiger partial charge < -0.3 is 5.32 Å². The molecule has 0 atom stereocenters. The van der Waals surface area contributed by atoms with Crippen molar-refractivity contribution in [2.75, 3.05) is 7.05 Å². The fraction of sp³-hybridized carbons (Fsp3) is 0.909. The van der Waals surface area contributed by atoms with Crippen LogP contribution in [0.15, 0.2) is 0 Å². The van der Waals surface area contributed by atoms with Gasteiger partial charge in [-0.05, 0) is 36.2 Å². The van der Waals surface area contributed by atoms with Gasteiger partial charge in [-0.25, -0.2) is 4.68 Å². The van der Waals surface area contributed by atoms with Crippen molar-refractivity contribution in [1.29, 1.82) is 0 Å². The van der Waals surface area contributed by atoms with Gasteiger partial charge in [0, 0.05) is 6.54 Å². The van der Waals surface area contributed by atoms with Crippen LogP contribution in [0.5, 0.6) is 0 Å². The fourth-order valence-corrected chi connectivity index (χ4v) is 2.51. The summed E-state index contributed by atoms with van der Waals surface area (Å²) in [4.78, 5) is 0. The first-order valence-corrected chi connectivity index (χ1v) is 6.30. The average Bonchev–Trinajstić information content (AvgIpc) is 2.91. The number of aromatic nitrogens is 4. The smallest absolute Gasteiger partial charge is 0.165 e. The van der Waals surface area contributed by atoms with E-state index in [0.717, 1.165) is 24.8 Å². The highest BCUT2D eigenvalue weighted by Crippen LogP contribution is 2.28. The Morgan fingerprint density at radius 2 is 2.19 bits per heavy atom. The molecule has 1 aliphatic carbocycles. The van der Waals surface area contributed by atoms with E-state index in [0.29, 0.717) is 0 Å². The number of hydrogen-bond acceptors (Lipinski definition) is 4. The molecule has 16 heavy (non-hydrogen) atoms. The first kappa shape index (κ1) is 11.5. The van der Waals surface area contributed by atoms with Gasteiger partial charge in [0.1, 0.15) is 0 Å². The minimum Gasteiger partial charge on any atom is -0.313 e. The lowest BCUT2D eigenvalue weighted by Gasteiger charge is -2.08. The van der Waals surface area contributed by atoms with Gasteiger partial charge in [0.15, 0.2) is 5.82 Å². The molecule has 1 N–H and O–H groups in total. The maximum absolute atomic E-state index is 4.01. The largest absolute Gasteiger partial charge is 0.313 e. The highest BCUT2D eigenvalue weighted by atomic mass is 15.5. The summed E-state index contributed by atoms with van der Waals surface area (Å²) in [7, 11) is 1.91. The number of aryl methyl sites for hydroxylation is 1. The molecule has 0 bridgehead atoms. The van der Waals surface area contributed by atoms with Gasteiger partial charge in [-0.2, -0.15) is 0 Å². The van der Waals surface area contributed by atoms with Crippen LogP contribution in [0.4, 0.5) is 0 Å². The summed E-state index contributed by atoms with van der Waals surface area (Å²) in [5.74, 6) is 1.90. The van der Waals surface area contributed by atoms with Crippen molar-refractivity contribution < 1.29 is 0 Å². The Kier molecular flexibility index (Phi) is 4.27. The minimum atomic E-state index is 0.746. The van der Waals surface area contributed by atoms with Crippen molar-refractivity contribution in [3.63, 3.8) is 0 Å². The molecule has 0 saturated heterocycles. The minimum absolute atomic E-state index is 0.746. The van der Waals surface area contributed by atoms with Crippen LogP contribution in [0.1, 0.15) is 44.3 Å². The van der Waals surface area contributed by atoms with Crippen molar-refractivity contribution in [1.82, 2.24) is 25.5 Å². The number of hydrogen-bond donors (Lipinski definition) is 1. The second kappa shape index (κ2) is 5.94. The Morgan fingerprint density at radius 1 is 1.38 bits per heavy atom. The Bertz CT molecular complexity index is 303. The van der Waals surface area contributed by atoms with Gasteiger partial charge >= 0.3 is 0 Å². The van der Waals surface area contributed by atoms with Gasteiger partial charge in [-0.3, -0.25) is 0 Å². The van der Waals surface area contributed by atoms with Crippen LogP contribution in [0, 0.1) is 5.92 Å². The van der Waals surface area contributed by atoms with Crippen molar-refractivity contribution in [2.24, 2.45) is 5.92 Å². The number of tetrazole rings is 1. The quantitative estimate of drug-likeness (QED) is 0.791. The maximum atomic E-state index is 4.01. The van der Waals surface area contributed by atoms with Crippen molar-refractivity contribution in [2.45, 2.75) is 51.6 Å². The molecule has 1 aliphatic rings. The zero-order valence-electron chi connectivity index (χ0n) is 10.0. The third-order valence-corrected chi connectivity index (χ3v) is 3.40. The molecule has 1 aromatic heterocycles. The lowest BCUT2D eigenvalue weighted by Crippen LogP contribution is -2.13. The van der Waals surface area contributed by atoms with Crippen LogP contribution in [-0.2, 0) is 13.1 Å². The molecule has 0 spiro atoms. The molecule has 0 aliphatic heterocycles. The second-order valence-electron chi connectivity index (χ2n) is 4.64. The van der Waals surface area contributed by atoms with E-state index < -0.39 is 0 Å². The summed E-state index contributed by atoms with van der Waals surface area (Å²) < 4.78 is 1.92. The molecule has 0 unspecified atom stereocenters. The first-order chi connectivity index (χ1) is 7.90. The van der Waals surface area contributed by atoms with Crippen LogP contribution in [0.25, 0.3) is 0 Å². The van der Waals surface area contributed by atoms with E-state index in [1.165, 1.54) is 38.5 Å². The normalized spacial score (nSPS) is 17.1. The van der Waals surface area contributed by atoms with E-state index in [-0.39, 0.29) is 0 Å². The molecular formula is C11H21N5. The van der Waals surface area contributed by atoms with E-state index in [1.54, 1.807) is 0 Å². The van der Waals surface area contributed by atoms with Gasteiger partial charge in [-0.1, -0.05) is 25.7 Å². The summed E-state index contributed by atoms with van der Waals surface area (Å²) >= 11 is 0. The molecule has 90 valence electrons. The molecule has 0 amide bonds. The van der Waals surface area contributed by atoms with Crippen molar-refractivity contribution in [3.8, 4) is 0 Å². The Balaban J connectivity index is 1.73. The lowest BCUT2D eigenvalue weighted by molar-refractivity contribution is 0.435. The van der Waals surface area contributed by atoms with Crippen LogP contribution in [0.3, 0.4) is 0 Å². The van der Waals surface area contributed by atoms with Crippen LogP contribution in [0.2, 0.25) is 0 Å². The predicted molar refractivity (Wildman–Crippen MR) is 61.8 cm³/mol. The summed E-state index contributed by atoms with van der Waals surface area (Å²) in [5.41, 5.74) is 0. The van der Waals surface area contributed by atoms with Crippen LogP contribution >= 0.6 is 0 Å². The van der Waals surface area contributed by atoms with Crippen molar-refractivity contribution >= 4 is 0 Å². The van der Waals surface area contributed by atoms with Gasteiger partial charge in [0.2, 0.25) is 0 Å². The molecule has 1 heterocycles. The third-order valence-electron chi connectivity index (χ3n) is 3.40. The molecule has 0 aromatic carbocycles. The van der Waals surface area contributed by atoms with Gasteiger partial charge in [-0.15, -0.1) is 5.10 Å². The number of rotatable bonds is 6. The van der Waals surface area contributed by atoms with E-state index in [1.807, 2.05) is 11.7 Å². The first-order valence-electron chi connectivity index (χ1n) is 6.30. The monoisotopic (exact) mass is 223 g/mol. The van der Waals surface area contributed by atoms with Crippen molar-refractivity contribution in [3.05, 3.63) is 5.82 Å². The molecule has 1 saturated carbocycles. The SMILES string of the molecule is CNCc1nnnn1CCCC1CCCC1. The summed E-state index contributed by atoms with van der Waals surface area (Å²) in [6.45, 7) is 1.71. The predicted octanol–water partition coefficient (Wildman–Crippen LogP) is 1.36. The fourth-order valence-electron chi connectivity index (χ4n) is 2.51. The van der Waals surface area contributed by atoms with Crippen LogP contribution in [-0.4, -0.2) is 27.3 Å². The topological polar surface area (TPSA) is 55.6 Å². The summed E-state index contributed by atoms with van der Waals surface area (Å²) in [5, 5.41) is 14.8. The highest BCUT2D eigenvalue weighted by Gasteiger charge is 2.14. The van der Waals surface area contributed by atoms with Gasteiger partial charge in [0.25, 0.3) is 0 Å². The lowest BCUT2D eigenvalue weighted by atomic mass is 10.0. The molecular weight excluding hydrogens is 202 g/mol. The van der Waals surface area contributed by atoms with E-state index in [9.17, 15) is 0 Å². The van der Waals surface area contributed by atoms with E-state index in [2.05, 4.69) is 20.8 Å². The number of nitrogens with zero attached hydrogens (tertiary/aromatic N) is 4. The second-order valence-corrected chi connectivity index (χ2v) is 4.64. The molecule has 5 nitrogen and oxygen atoms in total. The molecule has 0 radical (unpaired) electrons. The summed E-state index contributed by atoms with van der Waals surface area (Å²) in [6.07, 6.45) is 8.25. The molecule has 2 rings (SSSR count). The molecule has 1 fully saturated rings. The molecule has 5 heteroatoms. The Morgan fingerprint density at radius 3 is 2.94 bits per heavy atom. The van der Waals surface area contributed by atoms with Gasteiger partial charge in [0.05, 0.1) is 6.54 Å². The zero-order chi connectivity index (χ0) is 11.2. The zero-order valence-corrected chi connectivity index (χ0v) is 10.0. The maximum Gasteiger partial charge on any atom is 0.165 e. The summed E-state index contributed by atoms with van der Waals surface area (Å²) in [6, 6.07) is 0. The van der Waals surface area contributed by atoms with E-state index >= 15 is 0 Å². The third kappa shape index (κ3) is 3.01. The molecule has 1 aromatic rings. The van der Waals surface area contributed by atoms with E-state index in [4.69, 9.17) is 0 Å². The highest BCUT2D eigenvalue weighted by molar-refractivity contribution is 4.79. The van der Waals surface area contributed by atoms with Crippen LogP contribution < -0.4 is 5.32 Å². The number of nitrogens with one attached hydrogen (secondary N) is 1. The Labute approximate surface area is 96.6 Å².